The summed E-state index contributed by atoms with van der Waals surface area (Å²) in [5, 5.41) is 3.65. The number of benzene rings is 2. The molecule has 1 fully saturated rings. The molecule has 2 heterocycles. The molecule has 4 rings (SSSR count). The summed E-state index contributed by atoms with van der Waals surface area (Å²) in [6.45, 7) is 7.95. The Morgan fingerprint density at radius 1 is 1.07 bits per heavy atom. The molecule has 1 aromatic heterocycles. The van der Waals surface area contributed by atoms with Gasteiger partial charge in [0.25, 0.3) is 0 Å². The fourth-order valence-electron chi connectivity index (χ4n) is 3.45. The van der Waals surface area contributed by atoms with Gasteiger partial charge in [0, 0.05) is 37.4 Å². The Morgan fingerprint density at radius 3 is 2.48 bits per heavy atom. The van der Waals surface area contributed by atoms with Crippen LogP contribution in [0.25, 0.3) is 20.8 Å². The van der Waals surface area contributed by atoms with Crippen molar-refractivity contribution in [3.8, 4) is 10.6 Å². The predicted octanol–water partition coefficient (Wildman–Crippen LogP) is 3.37. The van der Waals surface area contributed by atoms with Crippen LogP contribution < -0.4 is 5.32 Å². The van der Waals surface area contributed by atoms with E-state index < -0.39 is 11.8 Å². The van der Waals surface area contributed by atoms with Crippen molar-refractivity contribution in [1.29, 1.82) is 0 Å². The lowest BCUT2D eigenvalue weighted by molar-refractivity contribution is -0.144. The lowest BCUT2D eigenvalue weighted by Crippen LogP contribution is -2.51. The van der Waals surface area contributed by atoms with E-state index >= 15 is 0 Å². The topological polar surface area (TPSA) is 65.5 Å². The number of nitrogens with one attached hydrogen (secondary N) is 1. The van der Waals surface area contributed by atoms with E-state index in [4.69, 9.17) is 0 Å². The molecule has 0 aliphatic carbocycles. The molecule has 1 aliphatic heterocycles. The van der Waals surface area contributed by atoms with Crippen molar-refractivity contribution < 1.29 is 9.59 Å². The van der Waals surface area contributed by atoms with Crippen molar-refractivity contribution in [3.63, 3.8) is 0 Å². The molecule has 0 saturated carbocycles. The summed E-state index contributed by atoms with van der Waals surface area (Å²) >= 11 is 1.65. The number of fused-ring (bicyclic) bond motifs is 1. The number of nitrogens with zero attached hydrogens (tertiary/aromatic N) is 3. The molecule has 150 valence electrons. The van der Waals surface area contributed by atoms with E-state index in [1.165, 1.54) is 5.56 Å². The molecule has 0 unspecified atom stereocenters. The second kappa shape index (κ2) is 8.31. The van der Waals surface area contributed by atoms with Gasteiger partial charge in [0.15, 0.2) is 0 Å². The van der Waals surface area contributed by atoms with Crippen LogP contribution in [0.2, 0.25) is 0 Å². The van der Waals surface area contributed by atoms with Crippen molar-refractivity contribution in [2.24, 2.45) is 0 Å². The quantitative estimate of drug-likeness (QED) is 0.675. The zero-order valence-corrected chi connectivity index (χ0v) is 17.5. The smallest absolute Gasteiger partial charge is 0.313 e. The normalized spacial score (nSPS) is 14.9. The van der Waals surface area contributed by atoms with Gasteiger partial charge in [-0.15, -0.1) is 11.3 Å². The third kappa shape index (κ3) is 4.31. The van der Waals surface area contributed by atoms with Crippen molar-refractivity contribution in [1.82, 2.24) is 14.8 Å². The number of likely N-dealkylation sites (N-methyl/N-ethyl adjacent to an activating group) is 1. The summed E-state index contributed by atoms with van der Waals surface area (Å²) in [5.74, 6) is -1.05. The first-order chi connectivity index (χ1) is 14.0. The van der Waals surface area contributed by atoms with Gasteiger partial charge in [-0.25, -0.2) is 4.98 Å². The van der Waals surface area contributed by atoms with Gasteiger partial charge in [-0.2, -0.15) is 0 Å². The molecule has 1 N–H and O–H groups in total. The number of carbonyl (C=O) groups excluding carboxylic acids is 2. The molecule has 6 nitrogen and oxygen atoms in total. The van der Waals surface area contributed by atoms with E-state index in [-0.39, 0.29) is 0 Å². The maximum Gasteiger partial charge on any atom is 0.313 e. The van der Waals surface area contributed by atoms with Crippen LogP contribution in [0.1, 0.15) is 12.5 Å². The zero-order valence-electron chi connectivity index (χ0n) is 16.6. The Balaban J connectivity index is 1.41. The van der Waals surface area contributed by atoms with Gasteiger partial charge in [-0.3, -0.25) is 9.59 Å². The first-order valence-corrected chi connectivity index (χ1v) is 10.7. The van der Waals surface area contributed by atoms with Crippen LogP contribution in [-0.4, -0.2) is 59.3 Å². The van der Waals surface area contributed by atoms with Crippen molar-refractivity contribution in [2.45, 2.75) is 13.8 Å². The SMILES string of the molecule is CCN1CCN(C(=O)C(=O)Nc2ccc(-c3nc4ccc(C)cc4s3)cc2)CC1. The Labute approximate surface area is 174 Å². The van der Waals surface area contributed by atoms with Crippen LogP contribution in [0.3, 0.4) is 0 Å². The molecule has 1 aliphatic rings. The molecule has 2 amide bonds. The van der Waals surface area contributed by atoms with E-state index in [1.54, 1.807) is 16.2 Å². The minimum absolute atomic E-state index is 0.466. The molecule has 1 saturated heterocycles. The third-order valence-corrected chi connectivity index (χ3v) is 6.30. The van der Waals surface area contributed by atoms with Gasteiger partial charge >= 0.3 is 11.8 Å². The average Bonchev–Trinajstić information content (AvgIpc) is 3.17. The number of hydrogen-bond acceptors (Lipinski definition) is 5. The van der Waals surface area contributed by atoms with Crippen LogP contribution in [0.4, 0.5) is 5.69 Å². The monoisotopic (exact) mass is 408 g/mol. The summed E-state index contributed by atoms with van der Waals surface area (Å²) in [4.78, 5) is 33.3. The summed E-state index contributed by atoms with van der Waals surface area (Å²) < 4.78 is 1.16. The van der Waals surface area contributed by atoms with E-state index in [1.807, 2.05) is 30.3 Å². The molecule has 0 radical (unpaired) electrons. The summed E-state index contributed by atoms with van der Waals surface area (Å²) in [7, 11) is 0. The number of piperazine rings is 1. The largest absolute Gasteiger partial charge is 0.332 e. The van der Waals surface area contributed by atoms with Gasteiger partial charge in [0.2, 0.25) is 0 Å². The number of rotatable bonds is 3. The number of amides is 2. The predicted molar refractivity (Wildman–Crippen MR) is 117 cm³/mol. The molecule has 29 heavy (non-hydrogen) atoms. The van der Waals surface area contributed by atoms with Gasteiger partial charge in [-0.05, 0) is 55.4 Å². The standard InChI is InChI=1S/C22H24N4O2S/c1-3-25-10-12-26(13-11-25)22(28)20(27)23-17-7-5-16(6-8-17)21-24-18-9-4-15(2)14-19(18)29-21/h4-9,14H,3,10-13H2,1-2H3,(H,23,27). The highest BCUT2D eigenvalue weighted by Gasteiger charge is 2.25. The minimum atomic E-state index is -0.585. The molecule has 7 heteroatoms. The number of aryl methyl sites for hydroxylation is 1. The molecule has 0 spiro atoms. The number of thiazole rings is 1. The highest BCUT2D eigenvalue weighted by molar-refractivity contribution is 7.21. The fourth-order valence-corrected chi connectivity index (χ4v) is 4.52. The Hall–Kier alpha value is -2.77. The Bertz CT molecular complexity index is 1040. The van der Waals surface area contributed by atoms with E-state index in [9.17, 15) is 9.59 Å². The summed E-state index contributed by atoms with van der Waals surface area (Å²) in [6, 6.07) is 13.7. The highest BCUT2D eigenvalue weighted by atomic mass is 32.1. The second-order valence-corrected chi connectivity index (χ2v) is 8.28. The van der Waals surface area contributed by atoms with Crippen molar-refractivity contribution in [2.75, 3.05) is 38.0 Å². The fraction of sp³-hybridized carbons (Fsp3) is 0.318. The van der Waals surface area contributed by atoms with Crippen LogP contribution in [0.5, 0.6) is 0 Å². The van der Waals surface area contributed by atoms with Crippen LogP contribution in [-0.2, 0) is 9.59 Å². The molecule has 3 aromatic rings. The maximum absolute atomic E-state index is 12.4. The molecule has 0 atom stereocenters. The van der Waals surface area contributed by atoms with Crippen LogP contribution in [0, 0.1) is 6.92 Å². The molecule has 0 bridgehead atoms. The average molecular weight is 409 g/mol. The summed E-state index contributed by atoms with van der Waals surface area (Å²) in [5.41, 5.74) is 3.80. The Morgan fingerprint density at radius 2 is 1.79 bits per heavy atom. The highest BCUT2D eigenvalue weighted by Crippen LogP contribution is 2.31. The van der Waals surface area contributed by atoms with E-state index in [2.05, 4.69) is 41.2 Å². The molecule has 2 aromatic carbocycles. The maximum atomic E-state index is 12.4. The zero-order chi connectivity index (χ0) is 20.4. The number of carbonyl (C=O) groups is 2. The third-order valence-electron chi connectivity index (χ3n) is 5.23. The van der Waals surface area contributed by atoms with Crippen molar-refractivity contribution >= 4 is 39.1 Å². The van der Waals surface area contributed by atoms with E-state index in [0.29, 0.717) is 18.8 Å². The van der Waals surface area contributed by atoms with Gasteiger partial charge in [0.05, 0.1) is 10.2 Å². The Kier molecular flexibility index (Phi) is 5.60. The lowest BCUT2D eigenvalue weighted by Gasteiger charge is -2.33. The second-order valence-electron chi connectivity index (χ2n) is 7.25. The molecular weight excluding hydrogens is 384 g/mol. The minimum Gasteiger partial charge on any atom is -0.332 e. The summed E-state index contributed by atoms with van der Waals surface area (Å²) in [6.07, 6.45) is 0. The number of hydrogen-bond donors (Lipinski definition) is 1. The first kappa shape index (κ1) is 19.5. The first-order valence-electron chi connectivity index (χ1n) is 9.83. The van der Waals surface area contributed by atoms with Crippen molar-refractivity contribution in [3.05, 3.63) is 48.0 Å². The molecular formula is C22H24N4O2S. The van der Waals surface area contributed by atoms with Crippen LogP contribution >= 0.6 is 11.3 Å². The van der Waals surface area contributed by atoms with Gasteiger partial charge < -0.3 is 15.1 Å². The van der Waals surface area contributed by atoms with E-state index in [0.717, 1.165) is 40.4 Å². The number of anilines is 1. The van der Waals surface area contributed by atoms with Gasteiger partial charge in [0.1, 0.15) is 5.01 Å². The number of aromatic nitrogens is 1. The van der Waals surface area contributed by atoms with Gasteiger partial charge in [-0.1, -0.05) is 13.0 Å². The lowest BCUT2D eigenvalue weighted by atomic mass is 10.2. The van der Waals surface area contributed by atoms with Crippen LogP contribution in [0.15, 0.2) is 42.5 Å².